The molecule has 3 N–H and O–H groups in total. The van der Waals surface area contributed by atoms with Crippen molar-refractivity contribution in [1.82, 2.24) is 0 Å². The van der Waals surface area contributed by atoms with E-state index in [-0.39, 0.29) is 0 Å². The number of hydrogen-bond donors (Lipinski definition) is 2. The van der Waals surface area contributed by atoms with Crippen molar-refractivity contribution < 1.29 is 9.90 Å². The fraction of sp³-hybridized carbons (Fsp3) is 0.188. The molecule has 3 nitrogen and oxygen atoms in total. The SMILES string of the molecule is CC(C(=O)O)c1ccc(CSc2ccc(N)cc2Cl)cc1. The molecule has 0 aliphatic heterocycles. The predicted octanol–water partition coefficient (Wildman–Crippen LogP) is 4.40. The molecule has 0 heterocycles. The van der Waals surface area contributed by atoms with E-state index in [1.165, 1.54) is 0 Å². The third-order valence-electron chi connectivity index (χ3n) is 3.20. The van der Waals surface area contributed by atoms with Crippen LogP contribution in [0, 0.1) is 0 Å². The van der Waals surface area contributed by atoms with Gasteiger partial charge in [0, 0.05) is 16.3 Å². The van der Waals surface area contributed by atoms with Crippen LogP contribution in [0.5, 0.6) is 0 Å². The van der Waals surface area contributed by atoms with Crippen LogP contribution in [0.3, 0.4) is 0 Å². The Kier molecular flexibility index (Phi) is 5.15. The molecule has 0 aromatic heterocycles. The first-order valence-electron chi connectivity index (χ1n) is 6.47. The molecule has 0 fully saturated rings. The first-order valence-corrected chi connectivity index (χ1v) is 7.83. The largest absolute Gasteiger partial charge is 0.481 e. The Labute approximate surface area is 133 Å². The third-order valence-corrected chi connectivity index (χ3v) is 4.77. The van der Waals surface area contributed by atoms with Crippen LogP contribution >= 0.6 is 23.4 Å². The van der Waals surface area contributed by atoms with Gasteiger partial charge in [-0.1, -0.05) is 35.9 Å². The number of carboxylic acids is 1. The van der Waals surface area contributed by atoms with E-state index in [0.717, 1.165) is 21.8 Å². The van der Waals surface area contributed by atoms with Crippen LogP contribution in [0.15, 0.2) is 47.4 Å². The molecule has 1 unspecified atom stereocenters. The Bertz CT molecular complexity index is 643. The van der Waals surface area contributed by atoms with Crippen molar-refractivity contribution in [2.75, 3.05) is 5.73 Å². The lowest BCUT2D eigenvalue weighted by Crippen LogP contribution is -2.07. The van der Waals surface area contributed by atoms with Crippen LogP contribution in [0.1, 0.15) is 24.0 Å². The van der Waals surface area contributed by atoms with Crippen molar-refractivity contribution in [2.24, 2.45) is 0 Å². The van der Waals surface area contributed by atoms with Crippen LogP contribution < -0.4 is 5.73 Å². The van der Waals surface area contributed by atoms with Gasteiger partial charge in [0.05, 0.1) is 10.9 Å². The van der Waals surface area contributed by atoms with E-state index in [2.05, 4.69) is 0 Å². The van der Waals surface area contributed by atoms with Crippen molar-refractivity contribution in [1.29, 1.82) is 0 Å². The topological polar surface area (TPSA) is 63.3 Å². The molecule has 0 radical (unpaired) electrons. The number of hydrogen-bond acceptors (Lipinski definition) is 3. The van der Waals surface area contributed by atoms with Gasteiger partial charge in [-0.15, -0.1) is 11.8 Å². The number of anilines is 1. The van der Waals surface area contributed by atoms with Crippen molar-refractivity contribution in [2.45, 2.75) is 23.5 Å². The fourth-order valence-electron chi connectivity index (χ4n) is 1.84. The summed E-state index contributed by atoms with van der Waals surface area (Å²) < 4.78 is 0. The number of carboxylic acid groups (broad SMARTS) is 1. The maximum absolute atomic E-state index is 10.9. The van der Waals surface area contributed by atoms with E-state index in [4.69, 9.17) is 22.4 Å². The quantitative estimate of drug-likeness (QED) is 0.632. The van der Waals surface area contributed by atoms with Crippen molar-refractivity contribution in [3.8, 4) is 0 Å². The maximum Gasteiger partial charge on any atom is 0.310 e. The molecule has 0 saturated heterocycles. The number of carbonyl (C=O) groups is 1. The van der Waals surface area contributed by atoms with Gasteiger partial charge in [0.1, 0.15) is 0 Å². The van der Waals surface area contributed by atoms with Crippen LogP contribution in [0.25, 0.3) is 0 Å². The van der Waals surface area contributed by atoms with Crippen LogP contribution in [-0.2, 0) is 10.5 Å². The molecule has 110 valence electrons. The highest BCUT2D eigenvalue weighted by Gasteiger charge is 2.13. The zero-order valence-electron chi connectivity index (χ0n) is 11.5. The number of thioether (sulfide) groups is 1. The van der Waals surface area contributed by atoms with E-state index < -0.39 is 11.9 Å². The second-order valence-electron chi connectivity index (χ2n) is 4.78. The normalized spacial score (nSPS) is 12.1. The molecular weight excluding hydrogens is 306 g/mol. The lowest BCUT2D eigenvalue weighted by molar-refractivity contribution is -0.138. The minimum absolute atomic E-state index is 0.488. The number of benzene rings is 2. The average Bonchev–Trinajstić information content (AvgIpc) is 2.46. The van der Waals surface area contributed by atoms with Gasteiger partial charge >= 0.3 is 5.97 Å². The zero-order valence-corrected chi connectivity index (χ0v) is 13.1. The Morgan fingerprint density at radius 2 is 1.95 bits per heavy atom. The lowest BCUT2D eigenvalue weighted by Gasteiger charge is -2.08. The summed E-state index contributed by atoms with van der Waals surface area (Å²) >= 11 is 7.76. The second-order valence-corrected chi connectivity index (χ2v) is 6.20. The highest BCUT2D eigenvalue weighted by Crippen LogP contribution is 2.31. The molecule has 2 rings (SSSR count). The Morgan fingerprint density at radius 1 is 1.29 bits per heavy atom. The molecule has 5 heteroatoms. The molecule has 0 aliphatic rings. The monoisotopic (exact) mass is 321 g/mol. The standard InChI is InChI=1S/C16H16ClNO2S/c1-10(16(19)20)12-4-2-11(3-5-12)9-21-15-7-6-13(18)8-14(15)17/h2-8,10H,9,18H2,1H3,(H,19,20). The van der Waals surface area contributed by atoms with E-state index >= 15 is 0 Å². The predicted molar refractivity (Wildman–Crippen MR) is 87.9 cm³/mol. The summed E-state index contributed by atoms with van der Waals surface area (Å²) in [6.07, 6.45) is 0. The zero-order chi connectivity index (χ0) is 15.4. The first-order chi connectivity index (χ1) is 9.97. The van der Waals surface area contributed by atoms with Gasteiger partial charge < -0.3 is 10.8 Å². The minimum atomic E-state index is -0.814. The maximum atomic E-state index is 10.9. The molecule has 0 spiro atoms. The Morgan fingerprint density at radius 3 is 2.52 bits per heavy atom. The summed E-state index contributed by atoms with van der Waals surface area (Å²) in [6, 6.07) is 13.1. The van der Waals surface area contributed by atoms with Crippen LogP contribution in [0.4, 0.5) is 5.69 Å². The Hall–Kier alpha value is -1.65. The van der Waals surface area contributed by atoms with Crippen molar-refractivity contribution >= 4 is 35.0 Å². The van der Waals surface area contributed by atoms with Gasteiger partial charge in [-0.2, -0.15) is 0 Å². The van der Waals surface area contributed by atoms with Gasteiger partial charge in [0.15, 0.2) is 0 Å². The second kappa shape index (κ2) is 6.87. The Balaban J connectivity index is 2.02. The van der Waals surface area contributed by atoms with Gasteiger partial charge in [0.25, 0.3) is 0 Å². The summed E-state index contributed by atoms with van der Waals surface area (Å²) in [5.74, 6) is -0.533. The summed E-state index contributed by atoms with van der Waals surface area (Å²) in [5, 5.41) is 9.63. The first kappa shape index (κ1) is 15.7. The highest BCUT2D eigenvalue weighted by molar-refractivity contribution is 7.98. The number of nitrogen functional groups attached to an aromatic ring is 1. The summed E-state index contributed by atoms with van der Waals surface area (Å²) in [6.45, 7) is 1.68. The molecule has 2 aromatic rings. The van der Waals surface area contributed by atoms with Crippen LogP contribution in [-0.4, -0.2) is 11.1 Å². The summed E-state index contributed by atoms with van der Waals surface area (Å²) in [4.78, 5) is 11.9. The number of nitrogens with two attached hydrogens (primary N) is 1. The number of rotatable bonds is 5. The molecule has 0 bridgehead atoms. The molecule has 21 heavy (non-hydrogen) atoms. The van der Waals surface area contributed by atoms with Crippen molar-refractivity contribution in [3.63, 3.8) is 0 Å². The van der Waals surface area contributed by atoms with E-state index in [9.17, 15) is 4.79 Å². The van der Waals surface area contributed by atoms with Gasteiger partial charge in [-0.25, -0.2) is 0 Å². The summed E-state index contributed by atoms with van der Waals surface area (Å²) in [7, 11) is 0. The van der Waals surface area contributed by atoms with E-state index in [1.807, 2.05) is 36.4 Å². The molecule has 0 amide bonds. The smallest absolute Gasteiger partial charge is 0.310 e. The molecule has 0 aliphatic carbocycles. The third kappa shape index (κ3) is 4.16. The molecule has 0 saturated carbocycles. The van der Waals surface area contributed by atoms with Crippen molar-refractivity contribution in [3.05, 3.63) is 58.6 Å². The highest BCUT2D eigenvalue weighted by atomic mass is 35.5. The molecule has 2 aromatic carbocycles. The average molecular weight is 322 g/mol. The van der Waals surface area contributed by atoms with Gasteiger partial charge in [-0.05, 0) is 36.2 Å². The van der Waals surface area contributed by atoms with E-state index in [1.54, 1.807) is 24.8 Å². The van der Waals surface area contributed by atoms with Crippen LogP contribution in [0.2, 0.25) is 5.02 Å². The van der Waals surface area contributed by atoms with Gasteiger partial charge in [0.2, 0.25) is 0 Å². The minimum Gasteiger partial charge on any atom is -0.481 e. The fourth-order valence-corrected chi connectivity index (χ4v) is 3.07. The lowest BCUT2D eigenvalue weighted by atomic mass is 10.0. The van der Waals surface area contributed by atoms with Gasteiger partial charge in [-0.3, -0.25) is 4.79 Å². The number of halogens is 1. The molecule has 1 atom stereocenters. The van der Waals surface area contributed by atoms with E-state index in [0.29, 0.717) is 10.7 Å². The molecular formula is C16H16ClNO2S. The summed E-state index contributed by atoms with van der Waals surface area (Å²) in [5.41, 5.74) is 8.24. The number of aliphatic carboxylic acids is 1.